The number of nitrogens with one attached hydrogen (secondary N) is 2. The second kappa shape index (κ2) is 9.16. The average Bonchev–Trinajstić information content (AvgIpc) is 3.23. The first-order valence-electron chi connectivity index (χ1n) is 9.40. The number of para-hydroxylation sites is 1. The van der Waals surface area contributed by atoms with Gasteiger partial charge in [0.05, 0.1) is 15.1 Å². The molecule has 4 aromatic rings. The minimum atomic E-state index is -0.560. The number of nitro groups is 1. The molecule has 0 fully saturated rings. The van der Waals surface area contributed by atoms with Gasteiger partial charge < -0.3 is 5.32 Å². The summed E-state index contributed by atoms with van der Waals surface area (Å²) in [6, 6.07) is 18.0. The third-order valence-corrected chi connectivity index (χ3v) is 6.43. The third-order valence-electron chi connectivity index (χ3n) is 4.66. The number of benzene rings is 3. The molecule has 160 valence electrons. The molecule has 4 rings (SSSR count). The van der Waals surface area contributed by atoms with Crippen LogP contribution in [0.15, 0.2) is 66.7 Å². The van der Waals surface area contributed by atoms with Crippen LogP contribution >= 0.6 is 23.3 Å². The van der Waals surface area contributed by atoms with Gasteiger partial charge in [0, 0.05) is 40.9 Å². The summed E-state index contributed by atoms with van der Waals surface area (Å²) in [4.78, 5) is 39.4. The molecule has 0 unspecified atom stereocenters. The maximum atomic E-state index is 12.3. The fourth-order valence-electron chi connectivity index (χ4n) is 3.01. The lowest BCUT2D eigenvalue weighted by molar-refractivity contribution is -0.384. The zero-order chi connectivity index (χ0) is 22.7. The zero-order valence-corrected chi connectivity index (χ0v) is 18.3. The Morgan fingerprint density at radius 2 is 1.78 bits per heavy atom. The molecule has 3 aromatic carbocycles. The van der Waals surface area contributed by atoms with E-state index < -0.39 is 16.1 Å². The van der Waals surface area contributed by atoms with Crippen LogP contribution in [-0.2, 0) is 0 Å². The number of amides is 2. The Hall–Kier alpha value is -3.76. The summed E-state index contributed by atoms with van der Waals surface area (Å²) in [6.45, 7) is 1.90. The van der Waals surface area contributed by atoms with Crippen molar-refractivity contribution in [2.45, 2.75) is 6.92 Å². The molecule has 0 saturated carbocycles. The Bertz CT molecular complexity index is 1300. The molecule has 1 aromatic heterocycles. The van der Waals surface area contributed by atoms with Crippen LogP contribution in [-0.4, -0.2) is 21.1 Å². The number of anilines is 1. The van der Waals surface area contributed by atoms with Gasteiger partial charge in [-0.25, -0.2) is 9.78 Å². The van der Waals surface area contributed by atoms with Crippen molar-refractivity contribution < 1.29 is 14.5 Å². The number of rotatable bonds is 4. The number of non-ortho nitro benzene ring substituents is 1. The number of fused-ring (bicyclic) bond motifs is 1. The number of thiazole rings is 1. The molecule has 0 aliphatic heterocycles. The van der Waals surface area contributed by atoms with E-state index in [1.807, 2.05) is 43.3 Å². The van der Waals surface area contributed by atoms with Crippen molar-refractivity contribution in [3.63, 3.8) is 0 Å². The van der Waals surface area contributed by atoms with Gasteiger partial charge in [0.2, 0.25) is 5.12 Å². The molecule has 1 heterocycles. The normalized spacial score (nSPS) is 10.7. The van der Waals surface area contributed by atoms with Gasteiger partial charge in [0.15, 0.2) is 0 Å². The van der Waals surface area contributed by atoms with Crippen LogP contribution in [0.3, 0.4) is 0 Å². The topological polar surface area (TPSA) is 114 Å². The van der Waals surface area contributed by atoms with Crippen LogP contribution in [0, 0.1) is 17.0 Å². The Labute approximate surface area is 191 Å². The smallest absolute Gasteiger partial charge is 0.307 e. The number of carbonyl (C=O) groups excluding carboxylic acids is 2. The lowest BCUT2D eigenvalue weighted by Crippen LogP contribution is -2.24. The van der Waals surface area contributed by atoms with Gasteiger partial charge in [-0.2, -0.15) is 0 Å². The number of hydrogen-bond acceptors (Lipinski definition) is 7. The van der Waals surface area contributed by atoms with Gasteiger partial charge >= 0.3 is 6.03 Å². The van der Waals surface area contributed by atoms with E-state index in [0.717, 1.165) is 26.4 Å². The Balaban J connectivity index is 1.42. The van der Waals surface area contributed by atoms with Crippen molar-refractivity contribution in [2.75, 3.05) is 5.32 Å². The number of hydrogen-bond donors (Lipinski definition) is 2. The highest BCUT2D eigenvalue weighted by molar-refractivity contribution is 8.12. The van der Waals surface area contributed by atoms with Crippen molar-refractivity contribution in [3.05, 3.63) is 88.0 Å². The second-order valence-corrected chi connectivity index (χ2v) is 8.52. The molecule has 2 amide bonds. The van der Waals surface area contributed by atoms with Crippen molar-refractivity contribution in [1.82, 2.24) is 9.71 Å². The number of carbonyl (C=O) groups is 2. The van der Waals surface area contributed by atoms with E-state index >= 15 is 0 Å². The molecule has 0 spiro atoms. The molecule has 10 heteroatoms. The van der Waals surface area contributed by atoms with E-state index in [1.54, 1.807) is 17.4 Å². The van der Waals surface area contributed by atoms with Gasteiger partial charge in [-0.1, -0.05) is 24.3 Å². The van der Waals surface area contributed by atoms with E-state index in [0.29, 0.717) is 17.6 Å². The minimum absolute atomic E-state index is 0.110. The predicted molar refractivity (Wildman–Crippen MR) is 127 cm³/mol. The van der Waals surface area contributed by atoms with Crippen molar-refractivity contribution >= 4 is 56.0 Å². The van der Waals surface area contributed by atoms with Crippen LogP contribution in [0.25, 0.3) is 20.8 Å². The van der Waals surface area contributed by atoms with E-state index in [-0.39, 0.29) is 11.3 Å². The Kier molecular flexibility index (Phi) is 6.15. The molecule has 32 heavy (non-hydrogen) atoms. The van der Waals surface area contributed by atoms with Gasteiger partial charge in [-0.3, -0.25) is 19.6 Å². The number of urea groups is 1. The van der Waals surface area contributed by atoms with E-state index in [9.17, 15) is 19.7 Å². The lowest BCUT2D eigenvalue weighted by Gasteiger charge is -2.11. The zero-order valence-electron chi connectivity index (χ0n) is 16.7. The summed E-state index contributed by atoms with van der Waals surface area (Å²) >= 11 is 2.18. The summed E-state index contributed by atoms with van der Waals surface area (Å²) in [7, 11) is 0. The van der Waals surface area contributed by atoms with Gasteiger partial charge in [-0.15, -0.1) is 11.3 Å². The van der Waals surface area contributed by atoms with Crippen LogP contribution in [0.5, 0.6) is 0 Å². The third kappa shape index (κ3) is 4.61. The van der Waals surface area contributed by atoms with Crippen LogP contribution in [0.4, 0.5) is 16.2 Å². The predicted octanol–water partition coefficient (Wildman–Crippen LogP) is 5.79. The summed E-state index contributed by atoms with van der Waals surface area (Å²) in [6.07, 6.45) is 0. The fraction of sp³-hybridized carbons (Fsp3) is 0.0455. The summed E-state index contributed by atoms with van der Waals surface area (Å²) in [5, 5.41) is 13.9. The highest BCUT2D eigenvalue weighted by Gasteiger charge is 2.15. The van der Waals surface area contributed by atoms with Gasteiger partial charge in [0.25, 0.3) is 5.69 Å². The molecular formula is C22H16N4O4S2. The molecule has 0 radical (unpaired) electrons. The summed E-state index contributed by atoms with van der Waals surface area (Å²) in [5.41, 5.74) is 3.43. The number of nitrogens with zero attached hydrogens (tertiary/aromatic N) is 2. The highest BCUT2D eigenvalue weighted by atomic mass is 32.2. The highest BCUT2D eigenvalue weighted by Crippen LogP contribution is 2.34. The first-order valence-corrected chi connectivity index (χ1v) is 11.0. The fourth-order valence-corrected chi connectivity index (χ4v) is 4.55. The molecule has 0 aliphatic carbocycles. The molecule has 0 aliphatic rings. The maximum Gasteiger partial charge on any atom is 0.329 e. The molecule has 0 atom stereocenters. The molecule has 8 nitrogen and oxygen atoms in total. The van der Waals surface area contributed by atoms with Crippen molar-refractivity contribution in [1.29, 1.82) is 0 Å². The van der Waals surface area contributed by atoms with E-state index in [1.165, 1.54) is 24.3 Å². The largest absolute Gasteiger partial charge is 0.329 e. The van der Waals surface area contributed by atoms with Gasteiger partial charge in [0.1, 0.15) is 5.01 Å². The molecule has 2 N–H and O–H groups in total. The first kappa shape index (κ1) is 21.5. The summed E-state index contributed by atoms with van der Waals surface area (Å²) in [5.74, 6) is 0. The van der Waals surface area contributed by atoms with Crippen LogP contribution in [0.2, 0.25) is 0 Å². The van der Waals surface area contributed by atoms with Gasteiger partial charge in [-0.05, 0) is 42.8 Å². The average molecular weight is 465 g/mol. The summed E-state index contributed by atoms with van der Waals surface area (Å²) < 4.78 is 3.53. The number of aromatic nitrogens is 1. The monoisotopic (exact) mass is 464 g/mol. The first-order chi connectivity index (χ1) is 15.4. The van der Waals surface area contributed by atoms with Crippen LogP contribution < -0.4 is 10.0 Å². The quantitative estimate of drug-likeness (QED) is 0.224. The van der Waals surface area contributed by atoms with Crippen molar-refractivity contribution in [2.24, 2.45) is 0 Å². The maximum absolute atomic E-state index is 12.3. The molecule has 0 saturated heterocycles. The Morgan fingerprint density at radius 1 is 1.03 bits per heavy atom. The lowest BCUT2D eigenvalue weighted by atomic mass is 10.1. The van der Waals surface area contributed by atoms with Crippen molar-refractivity contribution in [3.8, 4) is 10.6 Å². The standard InChI is InChI=1S/C22H16N4O4S2/c1-13-16(20-23-18-6-2-3-8-19(18)31-20)5-4-7-17(13)24-22(28)25-32-21(27)14-9-11-15(12-10-14)26(29)30/h2-12H,1H3,(H2,24,25,28). The molecule has 0 bridgehead atoms. The van der Waals surface area contributed by atoms with E-state index in [2.05, 4.69) is 15.0 Å². The minimum Gasteiger partial charge on any atom is -0.307 e. The second-order valence-electron chi connectivity index (χ2n) is 6.71. The molecular weight excluding hydrogens is 448 g/mol. The SMILES string of the molecule is Cc1c(NC(=O)NSC(=O)c2ccc([N+](=O)[O-])cc2)cccc1-c1nc2ccccc2s1. The number of nitro benzene ring substituents is 1. The van der Waals surface area contributed by atoms with E-state index in [4.69, 9.17) is 0 Å². The van der Waals surface area contributed by atoms with Crippen LogP contribution in [0.1, 0.15) is 15.9 Å². The Morgan fingerprint density at radius 3 is 2.50 bits per heavy atom.